The van der Waals surface area contributed by atoms with Gasteiger partial charge in [0.2, 0.25) is 5.88 Å². The van der Waals surface area contributed by atoms with Crippen LogP contribution in [0.5, 0.6) is 11.6 Å². The Balaban J connectivity index is 2.07. The molecule has 5 heteroatoms. The van der Waals surface area contributed by atoms with Gasteiger partial charge in [-0.1, -0.05) is 47.5 Å². The number of rotatable bonds is 2. The highest BCUT2D eigenvalue weighted by Gasteiger charge is 2.10. The zero-order valence-corrected chi connectivity index (χ0v) is 12.2. The lowest BCUT2D eigenvalue weighted by Crippen LogP contribution is -1.91. The van der Waals surface area contributed by atoms with Gasteiger partial charge in [-0.15, -0.1) is 0 Å². The summed E-state index contributed by atoms with van der Waals surface area (Å²) >= 11 is 12.2. The van der Waals surface area contributed by atoms with Gasteiger partial charge in [0.05, 0.1) is 5.56 Å². The molecule has 0 radical (unpaired) electrons. The molecule has 2 aromatic carbocycles. The average molecular weight is 315 g/mol. The number of nitrogens with zero attached hydrogens (tertiary/aromatic N) is 2. The van der Waals surface area contributed by atoms with E-state index in [9.17, 15) is 0 Å². The molecule has 0 bridgehead atoms. The van der Waals surface area contributed by atoms with Crippen molar-refractivity contribution in [2.45, 2.75) is 0 Å². The summed E-state index contributed by atoms with van der Waals surface area (Å²) in [5, 5.41) is 11.5. The van der Waals surface area contributed by atoms with Crippen molar-refractivity contribution in [3.63, 3.8) is 0 Å². The minimum absolute atomic E-state index is 0.253. The number of hydrogen-bond donors (Lipinski definition) is 0. The first-order valence-electron chi connectivity index (χ1n) is 6.10. The van der Waals surface area contributed by atoms with Crippen molar-refractivity contribution in [2.75, 3.05) is 0 Å². The first-order valence-corrected chi connectivity index (χ1v) is 6.85. The fraction of sp³-hybridized carbons (Fsp3) is 0. The summed E-state index contributed by atoms with van der Waals surface area (Å²) < 4.78 is 5.77. The fourth-order valence-corrected chi connectivity index (χ4v) is 2.42. The monoisotopic (exact) mass is 314 g/mol. The van der Waals surface area contributed by atoms with E-state index in [0.717, 1.165) is 10.8 Å². The Morgan fingerprint density at radius 3 is 2.48 bits per heavy atom. The molecule has 21 heavy (non-hydrogen) atoms. The first-order chi connectivity index (χ1) is 10.2. The summed E-state index contributed by atoms with van der Waals surface area (Å²) in [4.78, 5) is 4.06. The second-order valence-electron chi connectivity index (χ2n) is 4.32. The summed E-state index contributed by atoms with van der Waals surface area (Å²) in [7, 11) is 0. The van der Waals surface area contributed by atoms with Gasteiger partial charge in [-0.25, -0.2) is 4.98 Å². The van der Waals surface area contributed by atoms with E-state index < -0.39 is 0 Å². The molecule has 1 heterocycles. The molecule has 1 aromatic heterocycles. The number of benzene rings is 2. The topological polar surface area (TPSA) is 45.9 Å². The van der Waals surface area contributed by atoms with E-state index in [0.29, 0.717) is 16.3 Å². The number of nitriles is 1. The van der Waals surface area contributed by atoms with E-state index in [2.05, 4.69) is 4.98 Å². The van der Waals surface area contributed by atoms with Crippen LogP contribution in [0, 0.1) is 11.3 Å². The third-order valence-electron chi connectivity index (χ3n) is 2.97. The van der Waals surface area contributed by atoms with Crippen molar-refractivity contribution in [3.8, 4) is 17.7 Å². The number of hydrogen-bond acceptors (Lipinski definition) is 3. The maximum atomic E-state index is 8.81. The van der Waals surface area contributed by atoms with Gasteiger partial charge in [0.15, 0.2) is 0 Å². The summed E-state index contributed by atoms with van der Waals surface area (Å²) in [6.45, 7) is 0. The zero-order chi connectivity index (χ0) is 14.8. The Morgan fingerprint density at radius 2 is 1.76 bits per heavy atom. The van der Waals surface area contributed by atoms with E-state index in [1.165, 1.54) is 12.3 Å². The number of aromatic nitrogens is 1. The Hall–Kier alpha value is -2.28. The Kier molecular flexibility index (Phi) is 3.66. The Morgan fingerprint density at radius 1 is 1.00 bits per heavy atom. The molecule has 3 nitrogen and oxygen atoms in total. The van der Waals surface area contributed by atoms with Crippen LogP contribution in [0.25, 0.3) is 10.8 Å². The molecule has 0 atom stereocenters. The lowest BCUT2D eigenvalue weighted by molar-refractivity contribution is 0.468. The standard InChI is InChI=1S/C16H8Cl2N2O/c17-13-5-6-15(12-4-2-1-3-11(12)13)21-16-14(18)7-10(8-19)9-20-16/h1-7,9H. The van der Waals surface area contributed by atoms with Gasteiger partial charge in [0, 0.05) is 22.0 Å². The van der Waals surface area contributed by atoms with Crippen molar-refractivity contribution in [3.05, 3.63) is 64.3 Å². The number of fused-ring (bicyclic) bond motifs is 1. The number of pyridine rings is 1. The maximum Gasteiger partial charge on any atom is 0.238 e. The van der Waals surface area contributed by atoms with Crippen LogP contribution in [0.15, 0.2) is 48.7 Å². The molecular weight excluding hydrogens is 307 g/mol. The van der Waals surface area contributed by atoms with Crippen LogP contribution in [-0.2, 0) is 0 Å². The zero-order valence-electron chi connectivity index (χ0n) is 10.7. The molecule has 0 fully saturated rings. The van der Waals surface area contributed by atoms with Gasteiger partial charge in [-0.05, 0) is 18.2 Å². The molecule has 3 aromatic rings. The molecule has 0 aliphatic carbocycles. The predicted molar refractivity (Wildman–Crippen MR) is 83.0 cm³/mol. The van der Waals surface area contributed by atoms with Crippen LogP contribution in [0.2, 0.25) is 10.0 Å². The molecule has 0 N–H and O–H groups in total. The minimum Gasteiger partial charge on any atom is -0.437 e. The van der Waals surface area contributed by atoms with Crippen LogP contribution in [0.1, 0.15) is 5.56 Å². The van der Waals surface area contributed by atoms with Crippen molar-refractivity contribution >= 4 is 34.0 Å². The molecule has 0 aliphatic rings. The normalized spacial score (nSPS) is 10.3. The molecule has 3 rings (SSSR count). The predicted octanol–water partition coefficient (Wildman–Crippen LogP) is 5.21. The molecule has 102 valence electrons. The van der Waals surface area contributed by atoms with E-state index in [-0.39, 0.29) is 10.9 Å². The molecule has 0 saturated carbocycles. The van der Waals surface area contributed by atoms with Crippen LogP contribution in [0.3, 0.4) is 0 Å². The highest BCUT2D eigenvalue weighted by molar-refractivity contribution is 6.35. The Labute approximate surface area is 131 Å². The summed E-state index contributed by atoms with van der Waals surface area (Å²) in [6.07, 6.45) is 1.42. The number of ether oxygens (including phenoxy) is 1. The highest BCUT2D eigenvalue weighted by Crippen LogP contribution is 2.35. The largest absolute Gasteiger partial charge is 0.437 e. The second kappa shape index (κ2) is 5.61. The van der Waals surface area contributed by atoms with E-state index in [1.807, 2.05) is 30.3 Å². The van der Waals surface area contributed by atoms with Crippen LogP contribution < -0.4 is 4.74 Å². The first kappa shape index (κ1) is 13.7. The van der Waals surface area contributed by atoms with E-state index in [1.54, 1.807) is 12.1 Å². The summed E-state index contributed by atoms with van der Waals surface area (Å²) in [5.41, 5.74) is 0.383. The summed E-state index contributed by atoms with van der Waals surface area (Å²) in [6, 6.07) is 14.7. The quantitative estimate of drug-likeness (QED) is 0.652. The Bertz CT molecular complexity index is 872. The van der Waals surface area contributed by atoms with Crippen LogP contribution in [0.4, 0.5) is 0 Å². The average Bonchev–Trinajstić information content (AvgIpc) is 2.52. The third-order valence-corrected chi connectivity index (χ3v) is 3.57. The smallest absolute Gasteiger partial charge is 0.238 e. The van der Waals surface area contributed by atoms with Crippen molar-refractivity contribution in [2.24, 2.45) is 0 Å². The molecule has 0 saturated heterocycles. The van der Waals surface area contributed by atoms with Crippen molar-refractivity contribution in [1.82, 2.24) is 4.98 Å². The van der Waals surface area contributed by atoms with Gasteiger partial charge in [-0.3, -0.25) is 0 Å². The molecule has 0 unspecified atom stereocenters. The molecule has 0 spiro atoms. The lowest BCUT2D eigenvalue weighted by Gasteiger charge is -2.10. The minimum atomic E-state index is 0.253. The van der Waals surface area contributed by atoms with Gasteiger partial charge >= 0.3 is 0 Å². The second-order valence-corrected chi connectivity index (χ2v) is 5.13. The van der Waals surface area contributed by atoms with Gasteiger partial charge in [-0.2, -0.15) is 5.26 Å². The van der Waals surface area contributed by atoms with Gasteiger partial charge < -0.3 is 4.74 Å². The number of halogens is 2. The lowest BCUT2D eigenvalue weighted by atomic mass is 10.1. The van der Waals surface area contributed by atoms with Gasteiger partial charge in [0.1, 0.15) is 16.8 Å². The maximum absolute atomic E-state index is 8.81. The van der Waals surface area contributed by atoms with E-state index >= 15 is 0 Å². The highest BCUT2D eigenvalue weighted by atomic mass is 35.5. The third kappa shape index (κ3) is 2.64. The molecular formula is C16H8Cl2N2O. The van der Waals surface area contributed by atoms with Crippen molar-refractivity contribution < 1.29 is 4.74 Å². The molecule has 0 amide bonds. The SMILES string of the molecule is N#Cc1cnc(Oc2ccc(Cl)c3ccccc23)c(Cl)c1. The fourth-order valence-electron chi connectivity index (χ4n) is 1.99. The molecule has 0 aliphatic heterocycles. The van der Waals surface area contributed by atoms with Crippen LogP contribution >= 0.6 is 23.2 Å². The van der Waals surface area contributed by atoms with Gasteiger partial charge in [0.25, 0.3) is 0 Å². The van der Waals surface area contributed by atoms with Crippen molar-refractivity contribution in [1.29, 1.82) is 5.26 Å². The van der Waals surface area contributed by atoms with E-state index in [4.69, 9.17) is 33.2 Å². The summed E-state index contributed by atoms with van der Waals surface area (Å²) in [5.74, 6) is 0.859. The van der Waals surface area contributed by atoms with Crippen LogP contribution in [-0.4, -0.2) is 4.98 Å².